The molecule has 0 radical (unpaired) electrons. The van der Waals surface area contributed by atoms with Gasteiger partial charge in [-0.05, 0) is 18.6 Å². The molecule has 0 aliphatic carbocycles. The number of hydrogen-bond acceptors (Lipinski definition) is 6. The molecule has 0 bridgehead atoms. The first-order valence-electron chi connectivity index (χ1n) is 8.33. The molecule has 4 rings (SSSR count). The summed E-state index contributed by atoms with van der Waals surface area (Å²) in [7, 11) is 0. The maximum Gasteiger partial charge on any atom is 0.150 e. The molecule has 7 heteroatoms. The third kappa shape index (κ3) is 3.22. The average Bonchev–Trinajstić information content (AvgIpc) is 3.27. The minimum Gasteiger partial charge on any atom is -0.306 e. The Hall–Kier alpha value is -2.12. The van der Waals surface area contributed by atoms with Crippen molar-refractivity contribution >= 4 is 11.3 Å². The maximum atomic E-state index is 4.69. The van der Waals surface area contributed by atoms with Gasteiger partial charge in [-0.1, -0.05) is 13.0 Å². The Morgan fingerprint density at radius 3 is 3.12 bits per heavy atom. The zero-order valence-corrected chi connectivity index (χ0v) is 14.5. The molecule has 0 spiro atoms. The molecule has 0 saturated heterocycles. The Kier molecular flexibility index (Phi) is 4.36. The number of nitrogens with zero attached hydrogens (tertiary/aromatic N) is 5. The molecular formula is C17H20N6S. The lowest BCUT2D eigenvalue weighted by Crippen LogP contribution is -2.37. The fourth-order valence-corrected chi connectivity index (χ4v) is 3.72. The number of fused-ring (bicyclic) bond motifs is 1. The quantitative estimate of drug-likeness (QED) is 0.773. The summed E-state index contributed by atoms with van der Waals surface area (Å²) in [6, 6.07) is 6.33. The van der Waals surface area contributed by atoms with Crippen molar-refractivity contribution < 1.29 is 0 Å². The maximum absolute atomic E-state index is 4.69. The van der Waals surface area contributed by atoms with E-state index in [1.54, 1.807) is 17.5 Å². The Balaban J connectivity index is 1.37. The van der Waals surface area contributed by atoms with Crippen molar-refractivity contribution in [3.63, 3.8) is 0 Å². The van der Waals surface area contributed by atoms with Crippen LogP contribution in [0.5, 0.6) is 0 Å². The summed E-state index contributed by atoms with van der Waals surface area (Å²) in [5.41, 5.74) is 2.00. The van der Waals surface area contributed by atoms with Crippen LogP contribution in [0, 0.1) is 0 Å². The molecule has 1 aliphatic heterocycles. The molecule has 1 aliphatic rings. The van der Waals surface area contributed by atoms with Gasteiger partial charge in [0.25, 0.3) is 0 Å². The minimum atomic E-state index is 0.420. The summed E-state index contributed by atoms with van der Waals surface area (Å²) in [5.74, 6) is 2.07. The van der Waals surface area contributed by atoms with Crippen LogP contribution in [0.4, 0.5) is 0 Å². The smallest absolute Gasteiger partial charge is 0.150 e. The van der Waals surface area contributed by atoms with Crippen LogP contribution in [-0.2, 0) is 25.9 Å². The Morgan fingerprint density at radius 2 is 2.29 bits per heavy atom. The summed E-state index contributed by atoms with van der Waals surface area (Å²) in [5, 5.41) is 11.2. The third-order valence-electron chi connectivity index (χ3n) is 4.23. The van der Waals surface area contributed by atoms with Crippen LogP contribution in [0.15, 0.2) is 29.8 Å². The van der Waals surface area contributed by atoms with E-state index in [-0.39, 0.29) is 0 Å². The highest BCUT2D eigenvalue weighted by molar-refractivity contribution is 7.13. The van der Waals surface area contributed by atoms with Gasteiger partial charge in [0, 0.05) is 37.0 Å². The highest BCUT2D eigenvalue weighted by atomic mass is 32.1. The van der Waals surface area contributed by atoms with Gasteiger partial charge in [-0.3, -0.25) is 4.98 Å². The first-order chi connectivity index (χ1) is 11.8. The van der Waals surface area contributed by atoms with Crippen molar-refractivity contribution in [2.75, 3.05) is 0 Å². The first-order valence-corrected chi connectivity index (χ1v) is 9.21. The van der Waals surface area contributed by atoms with Crippen LogP contribution in [-0.4, -0.2) is 30.8 Å². The molecule has 4 heterocycles. The molecule has 0 fully saturated rings. The van der Waals surface area contributed by atoms with Crippen LogP contribution in [0.25, 0.3) is 10.7 Å². The molecule has 6 nitrogen and oxygen atoms in total. The van der Waals surface area contributed by atoms with E-state index in [0.29, 0.717) is 6.04 Å². The van der Waals surface area contributed by atoms with Gasteiger partial charge in [-0.25, -0.2) is 14.6 Å². The van der Waals surface area contributed by atoms with E-state index in [4.69, 9.17) is 0 Å². The van der Waals surface area contributed by atoms with E-state index < -0.39 is 0 Å². The lowest BCUT2D eigenvalue weighted by atomic mass is 10.1. The van der Waals surface area contributed by atoms with Crippen LogP contribution in [0.2, 0.25) is 0 Å². The van der Waals surface area contributed by atoms with Crippen molar-refractivity contribution in [3.05, 3.63) is 47.1 Å². The van der Waals surface area contributed by atoms with Gasteiger partial charge >= 0.3 is 0 Å². The zero-order valence-electron chi connectivity index (χ0n) is 13.6. The van der Waals surface area contributed by atoms with E-state index >= 15 is 0 Å². The molecule has 0 saturated carbocycles. The van der Waals surface area contributed by atoms with E-state index in [9.17, 15) is 0 Å². The fraction of sp³-hybridized carbons (Fsp3) is 0.412. The fourth-order valence-electron chi connectivity index (χ4n) is 2.92. The monoisotopic (exact) mass is 340 g/mol. The lowest BCUT2D eigenvalue weighted by molar-refractivity contribution is 0.356. The number of pyridine rings is 1. The van der Waals surface area contributed by atoms with Gasteiger partial charge in [0.05, 0.1) is 17.9 Å². The second-order valence-corrected chi connectivity index (χ2v) is 6.81. The van der Waals surface area contributed by atoms with E-state index in [2.05, 4.69) is 42.4 Å². The SMILES string of the molecule is CCc1nc2n(n1)C[C@@H](NCc1csc(-c3ccccn3)n1)CC2. The van der Waals surface area contributed by atoms with E-state index in [1.807, 2.05) is 18.2 Å². The predicted molar refractivity (Wildman–Crippen MR) is 93.7 cm³/mol. The molecule has 124 valence electrons. The Labute approximate surface area is 145 Å². The van der Waals surface area contributed by atoms with Crippen molar-refractivity contribution in [2.45, 2.75) is 45.3 Å². The molecular weight excluding hydrogens is 320 g/mol. The molecule has 24 heavy (non-hydrogen) atoms. The molecule has 3 aromatic rings. The van der Waals surface area contributed by atoms with Gasteiger partial charge in [0.2, 0.25) is 0 Å². The second-order valence-electron chi connectivity index (χ2n) is 5.96. The lowest BCUT2D eigenvalue weighted by Gasteiger charge is -2.23. The van der Waals surface area contributed by atoms with E-state index in [0.717, 1.165) is 60.4 Å². The average molecular weight is 340 g/mol. The summed E-state index contributed by atoms with van der Waals surface area (Å²) in [6.45, 7) is 3.76. The summed E-state index contributed by atoms with van der Waals surface area (Å²) >= 11 is 1.64. The van der Waals surface area contributed by atoms with Gasteiger partial charge in [0.1, 0.15) is 10.8 Å². The first kappa shape index (κ1) is 15.4. The van der Waals surface area contributed by atoms with Crippen LogP contribution >= 0.6 is 11.3 Å². The van der Waals surface area contributed by atoms with E-state index in [1.165, 1.54) is 0 Å². The van der Waals surface area contributed by atoms with Crippen molar-refractivity contribution in [3.8, 4) is 10.7 Å². The third-order valence-corrected chi connectivity index (χ3v) is 5.14. The molecule has 0 amide bonds. The zero-order chi connectivity index (χ0) is 16.4. The van der Waals surface area contributed by atoms with Gasteiger partial charge in [0.15, 0.2) is 5.82 Å². The van der Waals surface area contributed by atoms with Gasteiger partial charge < -0.3 is 5.32 Å². The number of hydrogen-bond donors (Lipinski definition) is 1. The number of aromatic nitrogens is 5. The number of aryl methyl sites for hydroxylation is 2. The molecule has 3 aromatic heterocycles. The van der Waals surface area contributed by atoms with Gasteiger partial charge in [-0.2, -0.15) is 5.10 Å². The molecule has 0 unspecified atom stereocenters. The summed E-state index contributed by atoms with van der Waals surface area (Å²) in [4.78, 5) is 13.6. The molecule has 1 atom stereocenters. The number of thiazole rings is 1. The van der Waals surface area contributed by atoms with Crippen LogP contribution in [0.1, 0.15) is 30.7 Å². The predicted octanol–water partition coefficient (Wildman–Crippen LogP) is 2.46. The highest BCUT2D eigenvalue weighted by Gasteiger charge is 2.21. The van der Waals surface area contributed by atoms with Gasteiger partial charge in [-0.15, -0.1) is 11.3 Å². The highest BCUT2D eigenvalue weighted by Crippen LogP contribution is 2.21. The van der Waals surface area contributed by atoms with Crippen LogP contribution in [0.3, 0.4) is 0 Å². The van der Waals surface area contributed by atoms with Crippen molar-refractivity contribution in [2.24, 2.45) is 0 Å². The minimum absolute atomic E-state index is 0.420. The largest absolute Gasteiger partial charge is 0.306 e. The standard InChI is InChI=1S/C17H20N6S/c1-2-15-21-16-7-6-12(10-23(16)22-15)19-9-13-11-24-17(20-13)14-5-3-4-8-18-14/h3-5,8,11-12,19H,2,6-7,9-10H2,1H3/t12-/m0/s1. The molecule has 1 N–H and O–H groups in total. The molecule has 0 aromatic carbocycles. The van der Waals surface area contributed by atoms with Crippen molar-refractivity contribution in [1.82, 2.24) is 30.0 Å². The Bertz CT molecular complexity index is 810. The number of rotatable bonds is 5. The number of nitrogens with one attached hydrogen (secondary N) is 1. The van der Waals surface area contributed by atoms with Crippen molar-refractivity contribution in [1.29, 1.82) is 0 Å². The Morgan fingerprint density at radius 1 is 1.33 bits per heavy atom. The topological polar surface area (TPSA) is 68.5 Å². The normalized spacial score (nSPS) is 17.0. The summed E-state index contributed by atoms with van der Waals surface area (Å²) < 4.78 is 2.06. The second kappa shape index (κ2) is 6.78. The summed E-state index contributed by atoms with van der Waals surface area (Å²) in [6.07, 6.45) is 4.78. The van der Waals surface area contributed by atoms with Crippen LogP contribution < -0.4 is 5.32 Å².